The summed E-state index contributed by atoms with van der Waals surface area (Å²) in [6.07, 6.45) is -3.28. The molecule has 0 saturated carbocycles. The van der Waals surface area contributed by atoms with Crippen molar-refractivity contribution in [2.24, 2.45) is 0 Å². The molecule has 4 nitrogen and oxygen atoms in total. The first-order valence-corrected chi connectivity index (χ1v) is 8.23. The van der Waals surface area contributed by atoms with Crippen molar-refractivity contribution in [3.63, 3.8) is 0 Å². The van der Waals surface area contributed by atoms with Gasteiger partial charge in [0.05, 0.1) is 16.0 Å². The van der Waals surface area contributed by atoms with Crippen molar-refractivity contribution in [1.82, 2.24) is 4.98 Å². The van der Waals surface area contributed by atoms with Crippen LogP contribution in [0, 0.1) is 0 Å². The summed E-state index contributed by atoms with van der Waals surface area (Å²) in [5, 5.41) is 3.06. The second-order valence-corrected chi connectivity index (χ2v) is 6.08. The molecule has 3 aromatic rings. The highest BCUT2D eigenvalue weighted by atomic mass is 32.1. The first-order chi connectivity index (χ1) is 11.9. The number of anilines is 1. The van der Waals surface area contributed by atoms with E-state index in [1.54, 1.807) is 24.4 Å². The van der Waals surface area contributed by atoms with Crippen molar-refractivity contribution in [3.05, 3.63) is 52.1 Å². The fraction of sp³-hybridized carbons (Fsp3) is 0.176. The van der Waals surface area contributed by atoms with Crippen LogP contribution in [0.15, 0.2) is 47.4 Å². The minimum Gasteiger partial charge on any atom is -0.405 e. The van der Waals surface area contributed by atoms with E-state index < -0.39 is 12.1 Å². The predicted molar refractivity (Wildman–Crippen MR) is 92.2 cm³/mol. The van der Waals surface area contributed by atoms with Crippen molar-refractivity contribution in [2.45, 2.75) is 13.3 Å². The first kappa shape index (κ1) is 17.2. The number of aromatic nitrogens is 1. The Balaban J connectivity index is 2.31. The number of pyridine rings is 1. The van der Waals surface area contributed by atoms with E-state index in [0.29, 0.717) is 22.4 Å². The summed E-state index contributed by atoms with van der Waals surface area (Å²) in [7, 11) is 0. The van der Waals surface area contributed by atoms with E-state index in [1.807, 2.05) is 6.92 Å². The van der Waals surface area contributed by atoms with Gasteiger partial charge in [0, 0.05) is 18.3 Å². The summed E-state index contributed by atoms with van der Waals surface area (Å²) in [6, 6.07) is 9.04. The standard InChI is InChI=1S/C17H13F3N2O2S/c1-2-21-15-13(16(23)25-12-8-5-9-22-14(12)15)10-6-3-4-7-11(10)24-17(18,19)20/h3-9,21H,2H2,1H3. The third-order valence-corrected chi connectivity index (χ3v) is 4.34. The van der Waals surface area contributed by atoms with Crippen molar-refractivity contribution in [3.8, 4) is 16.9 Å². The van der Waals surface area contributed by atoms with E-state index in [-0.39, 0.29) is 15.9 Å². The van der Waals surface area contributed by atoms with Crippen molar-refractivity contribution in [1.29, 1.82) is 0 Å². The normalized spacial score (nSPS) is 11.5. The second kappa shape index (κ2) is 6.72. The average Bonchev–Trinajstić information content (AvgIpc) is 2.55. The van der Waals surface area contributed by atoms with E-state index in [2.05, 4.69) is 15.0 Å². The molecule has 1 N–H and O–H groups in total. The number of halogens is 3. The Morgan fingerprint density at radius 1 is 1.20 bits per heavy atom. The lowest BCUT2D eigenvalue weighted by Gasteiger charge is -2.16. The second-order valence-electron chi connectivity index (χ2n) is 5.06. The number of para-hydroxylation sites is 1. The van der Waals surface area contributed by atoms with Gasteiger partial charge < -0.3 is 10.1 Å². The average molecular weight is 366 g/mol. The molecule has 0 amide bonds. The molecule has 3 rings (SSSR count). The van der Waals surface area contributed by atoms with Crippen LogP contribution in [-0.2, 0) is 0 Å². The van der Waals surface area contributed by atoms with Crippen LogP contribution in [0.1, 0.15) is 6.92 Å². The van der Waals surface area contributed by atoms with E-state index in [9.17, 15) is 18.0 Å². The maximum Gasteiger partial charge on any atom is 0.573 e. The summed E-state index contributed by atoms with van der Waals surface area (Å²) < 4.78 is 42.5. The number of alkyl halides is 3. The molecule has 0 atom stereocenters. The van der Waals surface area contributed by atoms with Crippen LogP contribution >= 0.6 is 11.3 Å². The highest BCUT2D eigenvalue weighted by Crippen LogP contribution is 2.38. The van der Waals surface area contributed by atoms with Crippen LogP contribution in [0.4, 0.5) is 18.9 Å². The van der Waals surface area contributed by atoms with Gasteiger partial charge in [-0.05, 0) is 25.1 Å². The Hall–Kier alpha value is -2.61. The van der Waals surface area contributed by atoms with Crippen molar-refractivity contribution >= 4 is 27.2 Å². The first-order valence-electron chi connectivity index (χ1n) is 7.41. The fourth-order valence-corrected chi connectivity index (χ4v) is 3.42. The van der Waals surface area contributed by atoms with Gasteiger partial charge in [-0.1, -0.05) is 29.5 Å². The minimum absolute atomic E-state index is 0.0737. The topological polar surface area (TPSA) is 51.2 Å². The molecule has 0 saturated heterocycles. The molecule has 130 valence electrons. The number of nitrogens with zero attached hydrogens (tertiary/aromatic N) is 1. The van der Waals surface area contributed by atoms with E-state index in [1.165, 1.54) is 18.2 Å². The van der Waals surface area contributed by atoms with Gasteiger partial charge in [-0.3, -0.25) is 9.78 Å². The van der Waals surface area contributed by atoms with E-state index in [4.69, 9.17) is 0 Å². The molecular formula is C17H13F3N2O2S. The van der Waals surface area contributed by atoms with Crippen LogP contribution in [0.3, 0.4) is 0 Å². The number of rotatable bonds is 4. The summed E-state index contributed by atoms with van der Waals surface area (Å²) in [4.78, 5) is 16.9. The van der Waals surface area contributed by atoms with Gasteiger partial charge in [0.2, 0.25) is 4.74 Å². The SMILES string of the molecule is CCNc1c(-c2ccccc2OC(F)(F)F)c(=O)sc2cccnc12. The van der Waals surface area contributed by atoms with Crippen LogP contribution < -0.4 is 14.8 Å². The molecule has 8 heteroatoms. The molecule has 0 bridgehead atoms. The lowest BCUT2D eigenvalue weighted by atomic mass is 10.0. The quantitative estimate of drug-likeness (QED) is 0.730. The van der Waals surface area contributed by atoms with Crippen LogP contribution in [-0.4, -0.2) is 17.9 Å². The molecule has 0 fully saturated rings. The molecule has 25 heavy (non-hydrogen) atoms. The van der Waals surface area contributed by atoms with E-state index in [0.717, 1.165) is 11.3 Å². The molecule has 2 aromatic heterocycles. The van der Waals surface area contributed by atoms with Crippen LogP contribution in [0.25, 0.3) is 21.3 Å². The zero-order valence-electron chi connectivity index (χ0n) is 13.1. The largest absolute Gasteiger partial charge is 0.573 e. The van der Waals surface area contributed by atoms with Gasteiger partial charge in [0.25, 0.3) is 0 Å². The minimum atomic E-state index is -4.85. The molecule has 0 spiro atoms. The Morgan fingerprint density at radius 2 is 1.96 bits per heavy atom. The van der Waals surface area contributed by atoms with Crippen molar-refractivity contribution < 1.29 is 17.9 Å². The lowest BCUT2D eigenvalue weighted by molar-refractivity contribution is -0.274. The van der Waals surface area contributed by atoms with Crippen LogP contribution in [0.2, 0.25) is 0 Å². The maximum atomic E-state index is 12.7. The third-order valence-electron chi connectivity index (χ3n) is 3.40. The van der Waals surface area contributed by atoms with Crippen molar-refractivity contribution in [2.75, 3.05) is 11.9 Å². The van der Waals surface area contributed by atoms with Crippen LogP contribution in [0.5, 0.6) is 5.75 Å². The summed E-state index contributed by atoms with van der Waals surface area (Å²) >= 11 is 0.935. The van der Waals surface area contributed by atoms with E-state index >= 15 is 0 Å². The third kappa shape index (κ3) is 3.58. The molecule has 0 unspecified atom stereocenters. The monoisotopic (exact) mass is 366 g/mol. The lowest BCUT2D eigenvalue weighted by Crippen LogP contribution is -2.18. The van der Waals surface area contributed by atoms with Gasteiger partial charge in [-0.15, -0.1) is 13.2 Å². The Morgan fingerprint density at radius 3 is 2.68 bits per heavy atom. The van der Waals surface area contributed by atoms with Gasteiger partial charge in [-0.25, -0.2) is 0 Å². The number of benzene rings is 1. The zero-order valence-corrected chi connectivity index (χ0v) is 13.9. The summed E-state index contributed by atoms with van der Waals surface area (Å²) in [5.74, 6) is -0.422. The molecule has 0 aliphatic heterocycles. The zero-order chi connectivity index (χ0) is 18.0. The fourth-order valence-electron chi connectivity index (χ4n) is 2.51. The maximum absolute atomic E-state index is 12.7. The number of nitrogens with one attached hydrogen (secondary N) is 1. The molecular weight excluding hydrogens is 353 g/mol. The smallest absolute Gasteiger partial charge is 0.405 e. The van der Waals surface area contributed by atoms with Gasteiger partial charge >= 0.3 is 6.36 Å². The highest BCUT2D eigenvalue weighted by molar-refractivity contribution is 7.16. The molecule has 0 radical (unpaired) electrons. The Labute approximate surface area is 144 Å². The van der Waals surface area contributed by atoms with Gasteiger partial charge in [0.1, 0.15) is 11.3 Å². The van der Waals surface area contributed by atoms with Gasteiger partial charge in [-0.2, -0.15) is 0 Å². The summed E-state index contributed by atoms with van der Waals surface area (Å²) in [6.45, 7) is 2.31. The van der Waals surface area contributed by atoms with Gasteiger partial charge in [0.15, 0.2) is 0 Å². The summed E-state index contributed by atoms with van der Waals surface area (Å²) in [5.41, 5.74) is 1.13. The molecule has 2 heterocycles. The molecule has 0 aliphatic carbocycles. The molecule has 1 aromatic carbocycles. The predicted octanol–water partition coefficient (Wildman–Crippen LogP) is 4.65. The molecule has 0 aliphatic rings. The Bertz CT molecular complexity index is 970. The number of hydrogen-bond acceptors (Lipinski definition) is 5. The number of fused-ring (bicyclic) bond motifs is 1. The number of hydrogen-bond donors (Lipinski definition) is 1. The number of ether oxygens (including phenoxy) is 1. The highest BCUT2D eigenvalue weighted by Gasteiger charge is 2.33. The Kier molecular flexibility index (Phi) is 4.63.